The molecule has 0 heterocycles. The SMILES string of the molecule is CCCCCN(C(=O)c1cc(O)ccc1[N+](=O)[O-])C(C)C. The van der Waals surface area contributed by atoms with Gasteiger partial charge in [0.2, 0.25) is 0 Å². The molecule has 0 saturated carbocycles. The van der Waals surface area contributed by atoms with E-state index in [1.165, 1.54) is 6.07 Å². The molecule has 0 aliphatic rings. The number of carbonyl (C=O) groups is 1. The first-order valence-corrected chi connectivity index (χ1v) is 7.16. The van der Waals surface area contributed by atoms with Crippen LogP contribution in [0.2, 0.25) is 0 Å². The molecule has 0 unspecified atom stereocenters. The zero-order valence-electron chi connectivity index (χ0n) is 12.7. The molecule has 6 heteroatoms. The fourth-order valence-corrected chi connectivity index (χ4v) is 2.14. The van der Waals surface area contributed by atoms with E-state index >= 15 is 0 Å². The third-order valence-corrected chi connectivity index (χ3v) is 3.29. The lowest BCUT2D eigenvalue weighted by atomic mass is 10.1. The second kappa shape index (κ2) is 7.61. The molecular formula is C15H22N2O4. The Balaban J connectivity index is 3.08. The average Bonchev–Trinajstić information content (AvgIpc) is 2.42. The number of aromatic hydroxyl groups is 1. The number of nitrogens with zero attached hydrogens (tertiary/aromatic N) is 2. The van der Waals surface area contributed by atoms with Crippen LogP contribution >= 0.6 is 0 Å². The summed E-state index contributed by atoms with van der Waals surface area (Å²) in [5.74, 6) is -0.565. The summed E-state index contributed by atoms with van der Waals surface area (Å²) in [5, 5.41) is 20.6. The number of amides is 1. The third-order valence-electron chi connectivity index (χ3n) is 3.29. The normalized spacial score (nSPS) is 10.7. The summed E-state index contributed by atoms with van der Waals surface area (Å²) in [6.07, 6.45) is 2.89. The lowest BCUT2D eigenvalue weighted by molar-refractivity contribution is -0.385. The van der Waals surface area contributed by atoms with Crippen LogP contribution in [-0.2, 0) is 0 Å². The first-order chi connectivity index (χ1) is 9.88. The Morgan fingerprint density at radius 1 is 1.38 bits per heavy atom. The van der Waals surface area contributed by atoms with Crippen molar-refractivity contribution in [2.24, 2.45) is 0 Å². The van der Waals surface area contributed by atoms with E-state index in [9.17, 15) is 20.0 Å². The van der Waals surface area contributed by atoms with Gasteiger partial charge >= 0.3 is 0 Å². The van der Waals surface area contributed by atoms with Crippen LogP contribution < -0.4 is 0 Å². The van der Waals surface area contributed by atoms with Gasteiger partial charge < -0.3 is 10.0 Å². The van der Waals surface area contributed by atoms with E-state index in [0.29, 0.717) is 6.54 Å². The molecule has 0 atom stereocenters. The van der Waals surface area contributed by atoms with Gasteiger partial charge in [-0.05, 0) is 32.4 Å². The maximum atomic E-state index is 12.6. The highest BCUT2D eigenvalue weighted by Gasteiger charge is 2.26. The summed E-state index contributed by atoms with van der Waals surface area (Å²) in [6.45, 7) is 6.37. The number of carbonyl (C=O) groups excluding carboxylic acids is 1. The molecule has 1 aromatic carbocycles. The van der Waals surface area contributed by atoms with E-state index < -0.39 is 10.8 Å². The van der Waals surface area contributed by atoms with Crippen molar-refractivity contribution in [2.45, 2.75) is 46.1 Å². The highest BCUT2D eigenvalue weighted by molar-refractivity contribution is 5.98. The van der Waals surface area contributed by atoms with E-state index in [0.717, 1.165) is 31.4 Å². The summed E-state index contributed by atoms with van der Waals surface area (Å²) in [7, 11) is 0. The van der Waals surface area contributed by atoms with Crippen molar-refractivity contribution in [2.75, 3.05) is 6.54 Å². The number of phenolic OH excluding ortho intramolecular Hbond substituents is 1. The first kappa shape index (κ1) is 16.9. The van der Waals surface area contributed by atoms with Gasteiger partial charge in [-0.15, -0.1) is 0 Å². The molecule has 6 nitrogen and oxygen atoms in total. The number of hydrogen-bond acceptors (Lipinski definition) is 4. The first-order valence-electron chi connectivity index (χ1n) is 7.16. The Labute approximate surface area is 124 Å². The van der Waals surface area contributed by atoms with Crippen LogP contribution in [0, 0.1) is 10.1 Å². The predicted octanol–water partition coefficient (Wildman–Crippen LogP) is 3.34. The number of unbranched alkanes of at least 4 members (excludes halogenated alkanes) is 2. The maximum Gasteiger partial charge on any atom is 0.282 e. The van der Waals surface area contributed by atoms with Crippen molar-refractivity contribution in [3.8, 4) is 5.75 Å². The summed E-state index contributed by atoms with van der Waals surface area (Å²) < 4.78 is 0. The van der Waals surface area contributed by atoms with Gasteiger partial charge in [-0.1, -0.05) is 19.8 Å². The molecule has 1 amide bonds. The zero-order chi connectivity index (χ0) is 16.0. The number of rotatable bonds is 7. The van der Waals surface area contributed by atoms with Crippen molar-refractivity contribution >= 4 is 11.6 Å². The highest BCUT2D eigenvalue weighted by Crippen LogP contribution is 2.25. The molecule has 0 aliphatic carbocycles. The molecule has 0 saturated heterocycles. The zero-order valence-corrected chi connectivity index (χ0v) is 12.7. The smallest absolute Gasteiger partial charge is 0.282 e. The van der Waals surface area contributed by atoms with Crippen molar-refractivity contribution < 1.29 is 14.8 Å². The molecule has 0 aromatic heterocycles. The number of nitro benzene ring substituents is 1. The predicted molar refractivity (Wildman–Crippen MR) is 80.5 cm³/mol. The van der Waals surface area contributed by atoms with Gasteiger partial charge in [0.1, 0.15) is 11.3 Å². The van der Waals surface area contributed by atoms with Gasteiger partial charge in [-0.25, -0.2) is 0 Å². The molecule has 1 aromatic rings. The van der Waals surface area contributed by atoms with Crippen LogP contribution in [0.3, 0.4) is 0 Å². The van der Waals surface area contributed by atoms with E-state index in [-0.39, 0.29) is 23.0 Å². The molecule has 0 radical (unpaired) electrons. The number of hydrogen-bond donors (Lipinski definition) is 1. The van der Waals surface area contributed by atoms with Gasteiger partial charge in [0.25, 0.3) is 11.6 Å². The molecule has 0 spiro atoms. The van der Waals surface area contributed by atoms with Crippen LogP contribution in [0.1, 0.15) is 50.4 Å². The van der Waals surface area contributed by atoms with Crippen LogP contribution in [0.15, 0.2) is 18.2 Å². The minimum Gasteiger partial charge on any atom is -0.508 e. The second-order valence-electron chi connectivity index (χ2n) is 5.26. The van der Waals surface area contributed by atoms with Gasteiger partial charge in [0.15, 0.2) is 0 Å². The maximum absolute atomic E-state index is 12.6. The fraction of sp³-hybridized carbons (Fsp3) is 0.533. The largest absolute Gasteiger partial charge is 0.508 e. The topological polar surface area (TPSA) is 83.7 Å². The van der Waals surface area contributed by atoms with Crippen molar-refractivity contribution in [3.05, 3.63) is 33.9 Å². The molecule has 116 valence electrons. The molecular weight excluding hydrogens is 272 g/mol. The summed E-state index contributed by atoms with van der Waals surface area (Å²) in [4.78, 5) is 24.6. The Morgan fingerprint density at radius 3 is 2.57 bits per heavy atom. The molecule has 0 aliphatic heterocycles. The summed E-state index contributed by atoms with van der Waals surface area (Å²) in [5.41, 5.74) is -0.343. The highest BCUT2D eigenvalue weighted by atomic mass is 16.6. The minimum atomic E-state index is -0.600. The Hall–Kier alpha value is -2.11. The second-order valence-corrected chi connectivity index (χ2v) is 5.26. The molecule has 0 bridgehead atoms. The van der Waals surface area contributed by atoms with E-state index in [2.05, 4.69) is 6.92 Å². The van der Waals surface area contributed by atoms with Crippen LogP contribution in [-0.4, -0.2) is 33.4 Å². The Bertz CT molecular complexity index is 514. The summed E-state index contributed by atoms with van der Waals surface area (Å²) >= 11 is 0. The lowest BCUT2D eigenvalue weighted by Gasteiger charge is -2.26. The summed E-state index contributed by atoms with van der Waals surface area (Å²) in [6, 6.07) is 3.48. The van der Waals surface area contributed by atoms with Crippen molar-refractivity contribution in [1.82, 2.24) is 4.90 Å². The van der Waals surface area contributed by atoms with Gasteiger partial charge in [0, 0.05) is 18.7 Å². The van der Waals surface area contributed by atoms with Crippen LogP contribution in [0.4, 0.5) is 5.69 Å². The molecule has 21 heavy (non-hydrogen) atoms. The van der Waals surface area contributed by atoms with Gasteiger partial charge in [0.05, 0.1) is 4.92 Å². The van der Waals surface area contributed by atoms with E-state index in [1.807, 2.05) is 13.8 Å². The number of benzene rings is 1. The Morgan fingerprint density at radius 2 is 2.05 bits per heavy atom. The molecule has 0 fully saturated rings. The third kappa shape index (κ3) is 4.44. The monoisotopic (exact) mass is 294 g/mol. The number of phenols is 1. The lowest BCUT2D eigenvalue weighted by Crippen LogP contribution is -2.38. The number of nitro groups is 1. The quantitative estimate of drug-likeness (QED) is 0.475. The standard InChI is InChI=1S/C15H22N2O4/c1-4-5-6-9-16(11(2)3)15(19)13-10-12(18)7-8-14(13)17(20)21/h7-8,10-11,18H,4-6,9H2,1-3H3. The van der Waals surface area contributed by atoms with E-state index in [1.54, 1.807) is 4.90 Å². The molecule has 1 N–H and O–H groups in total. The van der Waals surface area contributed by atoms with Crippen LogP contribution in [0.25, 0.3) is 0 Å². The average molecular weight is 294 g/mol. The molecule has 1 rings (SSSR count). The van der Waals surface area contributed by atoms with Gasteiger partial charge in [-0.3, -0.25) is 14.9 Å². The fourth-order valence-electron chi connectivity index (χ4n) is 2.14. The van der Waals surface area contributed by atoms with E-state index in [4.69, 9.17) is 0 Å². The van der Waals surface area contributed by atoms with Gasteiger partial charge in [-0.2, -0.15) is 0 Å². The Kier molecular flexibility index (Phi) is 6.14. The van der Waals surface area contributed by atoms with Crippen molar-refractivity contribution in [1.29, 1.82) is 0 Å². The van der Waals surface area contributed by atoms with Crippen molar-refractivity contribution in [3.63, 3.8) is 0 Å². The minimum absolute atomic E-state index is 0.0590. The van der Waals surface area contributed by atoms with Crippen LogP contribution in [0.5, 0.6) is 5.75 Å².